The van der Waals surface area contributed by atoms with E-state index >= 15 is 0 Å². The molecule has 2 aromatic rings. The Labute approximate surface area is 110 Å². The summed E-state index contributed by atoms with van der Waals surface area (Å²) >= 11 is 0. The van der Waals surface area contributed by atoms with Crippen LogP contribution in [0.4, 0.5) is 0 Å². The first-order chi connectivity index (χ1) is 9.08. The summed E-state index contributed by atoms with van der Waals surface area (Å²) in [4.78, 5) is 8.41. The summed E-state index contributed by atoms with van der Waals surface area (Å²) in [7, 11) is 0. The fourth-order valence-electron chi connectivity index (χ4n) is 2.03. The molecule has 0 aliphatic carbocycles. The molecule has 0 unspecified atom stereocenters. The number of aryl methyl sites for hydroxylation is 1. The van der Waals surface area contributed by atoms with E-state index < -0.39 is 0 Å². The van der Waals surface area contributed by atoms with Gasteiger partial charge in [0.05, 0.1) is 5.69 Å². The molecule has 0 radical (unpaired) electrons. The Morgan fingerprint density at radius 3 is 2.79 bits per heavy atom. The first kappa shape index (κ1) is 13.0. The number of aromatic nitrogens is 4. The van der Waals surface area contributed by atoms with Gasteiger partial charge in [0.2, 0.25) is 0 Å². The van der Waals surface area contributed by atoms with E-state index in [0.717, 1.165) is 17.8 Å². The SMILES string of the molecule is CCc1c(C)nn(-c2nccc(/C(N)=N/O)n2)c1C. The van der Waals surface area contributed by atoms with Crippen LogP contribution in [0.5, 0.6) is 0 Å². The topological polar surface area (TPSA) is 102 Å². The summed E-state index contributed by atoms with van der Waals surface area (Å²) in [6.07, 6.45) is 2.45. The molecule has 2 heterocycles. The molecule has 0 saturated carbocycles. The first-order valence-corrected chi connectivity index (χ1v) is 5.94. The molecule has 7 nitrogen and oxygen atoms in total. The molecule has 0 spiro atoms. The van der Waals surface area contributed by atoms with Crippen LogP contribution in [0.3, 0.4) is 0 Å². The van der Waals surface area contributed by atoms with Crippen molar-refractivity contribution in [2.75, 3.05) is 0 Å². The normalized spacial score (nSPS) is 11.8. The highest BCUT2D eigenvalue weighted by molar-refractivity contribution is 5.95. The van der Waals surface area contributed by atoms with Crippen LogP contribution in [0.25, 0.3) is 5.95 Å². The van der Waals surface area contributed by atoms with Gasteiger partial charge in [0.25, 0.3) is 5.95 Å². The number of hydrogen-bond acceptors (Lipinski definition) is 5. The van der Waals surface area contributed by atoms with Crippen molar-refractivity contribution in [2.24, 2.45) is 10.9 Å². The molecule has 2 rings (SSSR count). The van der Waals surface area contributed by atoms with Crippen molar-refractivity contribution in [3.63, 3.8) is 0 Å². The summed E-state index contributed by atoms with van der Waals surface area (Å²) in [6.45, 7) is 6.00. The highest BCUT2D eigenvalue weighted by Gasteiger charge is 2.13. The Balaban J connectivity index is 2.54. The van der Waals surface area contributed by atoms with E-state index in [1.54, 1.807) is 16.9 Å². The van der Waals surface area contributed by atoms with Crippen molar-refractivity contribution in [2.45, 2.75) is 27.2 Å². The average molecular weight is 260 g/mol. The lowest BCUT2D eigenvalue weighted by Gasteiger charge is -2.04. The van der Waals surface area contributed by atoms with Gasteiger partial charge in [-0.3, -0.25) is 0 Å². The molecule has 0 fully saturated rings. The lowest BCUT2D eigenvalue weighted by Crippen LogP contribution is -2.17. The largest absolute Gasteiger partial charge is 0.409 e. The summed E-state index contributed by atoms with van der Waals surface area (Å²) in [5.74, 6) is 0.352. The monoisotopic (exact) mass is 260 g/mol. The predicted octanol–water partition coefficient (Wildman–Crippen LogP) is 0.936. The van der Waals surface area contributed by atoms with Crippen LogP contribution in [0.1, 0.15) is 29.6 Å². The van der Waals surface area contributed by atoms with Crippen LogP contribution < -0.4 is 5.73 Å². The third-order valence-electron chi connectivity index (χ3n) is 3.00. The van der Waals surface area contributed by atoms with Crippen molar-refractivity contribution in [3.05, 3.63) is 34.9 Å². The van der Waals surface area contributed by atoms with Crippen molar-refractivity contribution in [3.8, 4) is 5.95 Å². The number of rotatable bonds is 3. The standard InChI is InChI=1S/C12H16N6O/c1-4-9-7(2)16-18(8(9)3)12-14-6-5-10(15-12)11(13)17-19/h5-6,19H,4H2,1-3H3,(H2,13,17). The second kappa shape index (κ2) is 5.05. The van der Waals surface area contributed by atoms with Gasteiger partial charge in [0, 0.05) is 11.9 Å². The highest BCUT2D eigenvalue weighted by Crippen LogP contribution is 2.16. The Bertz CT molecular complexity index is 631. The molecule has 0 aromatic carbocycles. The van der Waals surface area contributed by atoms with Crippen LogP contribution in [0, 0.1) is 13.8 Å². The maximum absolute atomic E-state index is 8.67. The van der Waals surface area contributed by atoms with E-state index in [9.17, 15) is 0 Å². The molecule has 2 aromatic heterocycles. The van der Waals surface area contributed by atoms with E-state index in [1.807, 2.05) is 13.8 Å². The zero-order chi connectivity index (χ0) is 14.0. The van der Waals surface area contributed by atoms with E-state index in [-0.39, 0.29) is 5.84 Å². The maximum Gasteiger partial charge on any atom is 0.251 e. The first-order valence-electron chi connectivity index (χ1n) is 5.94. The van der Waals surface area contributed by atoms with Gasteiger partial charge in [-0.25, -0.2) is 14.6 Å². The molecule has 0 bridgehead atoms. The van der Waals surface area contributed by atoms with Crippen molar-refractivity contribution < 1.29 is 5.21 Å². The zero-order valence-corrected chi connectivity index (χ0v) is 11.1. The molecule has 0 amide bonds. The zero-order valence-electron chi connectivity index (χ0n) is 11.1. The van der Waals surface area contributed by atoms with E-state index in [4.69, 9.17) is 10.9 Å². The lowest BCUT2D eigenvalue weighted by atomic mass is 10.1. The smallest absolute Gasteiger partial charge is 0.251 e. The summed E-state index contributed by atoms with van der Waals surface area (Å²) < 4.78 is 1.67. The molecule has 0 atom stereocenters. The summed E-state index contributed by atoms with van der Waals surface area (Å²) in [6, 6.07) is 1.57. The van der Waals surface area contributed by atoms with Gasteiger partial charge in [-0.15, -0.1) is 0 Å². The molecule has 100 valence electrons. The fraction of sp³-hybridized carbons (Fsp3) is 0.333. The van der Waals surface area contributed by atoms with Gasteiger partial charge in [0.1, 0.15) is 5.69 Å². The van der Waals surface area contributed by atoms with Crippen LogP contribution in [0.15, 0.2) is 17.4 Å². The van der Waals surface area contributed by atoms with Crippen LogP contribution in [-0.4, -0.2) is 30.8 Å². The maximum atomic E-state index is 8.67. The van der Waals surface area contributed by atoms with Crippen molar-refractivity contribution in [1.29, 1.82) is 0 Å². The lowest BCUT2D eigenvalue weighted by molar-refractivity contribution is 0.318. The third kappa shape index (κ3) is 2.26. The van der Waals surface area contributed by atoms with E-state index in [2.05, 4.69) is 27.1 Å². The van der Waals surface area contributed by atoms with Gasteiger partial charge >= 0.3 is 0 Å². The number of hydrogen-bond donors (Lipinski definition) is 2. The van der Waals surface area contributed by atoms with Gasteiger partial charge in [-0.05, 0) is 31.9 Å². The number of nitrogens with two attached hydrogens (primary N) is 1. The molecule has 0 saturated heterocycles. The third-order valence-corrected chi connectivity index (χ3v) is 3.00. The van der Waals surface area contributed by atoms with Gasteiger partial charge < -0.3 is 10.9 Å². The second-order valence-corrected chi connectivity index (χ2v) is 4.14. The molecule has 3 N–H and O–H groups in total. The van der Waals surface area contributed by atoms with Gasteiger partial charge in [-0.2, -0.15) is 5.10 Å². The molecule has 19 heavy (non-hydrogen) atoms. The van der Waals surface area contributed by atoms with Crippen molar-refractivity contribution in [1.82, 2.24) is 19.7 Å². The number of nitrogens with zero attached hydrogens (tertiary/aromatic N) is 5. The Morgan fingerprint density at radius 2 is 2.21 bits per heavy atom. The molecular formula is C12H16N6O. The van der Waals surface area contributed by atoms with E-state index in [0.29, 0.717) is 11.6 Å². The Kier molecular flexibility index (Phi) is 3.46. The quantitative estimate of drug-likeness (QED) is 0.370. The average Bonchev–Trinajstić information content (AvgIpc) is 2.72. The molecule has 0 aliphatic heterocycles. The number of oxime groups is 1. The second-order valence-electron chi connectivity index (χ2n) is 4.14. The van der Waals surface area contributed by atoms with Crippen molar-refractivity contribution >= 4 is 5.84 Å². The number of amidine groups is 1. The minimum atomic E-state index is -0.0547. The van der Waals surface area contributed by atoms with Crippen LogP contribution in [0.2, 0.25) is 0 Å². The van der Waals surface area contributed by atoms with E-state index in [1.165, 1.54) is 5.56 Å². The summed E-state index contributed by atoms with van der Waals surface area (Å²) in [5, 5.41) is 16.0. The summed E-state index contributed by atoms with van der Waals surface area (Å²) in [5.41, 5.74) is 9.01. The van der Waals surface area contributed by atoms with Crippen LogP contribution >= 0.6 is 0 Å². The predicted molar refractivity (Wildman–Crippen MR) is 70.5 cm³/mol. The minimum absolute atomic E-state index is 0.0547. The molecule has 0 aliphatic rings. The minimum Gasteiger partial charge on any atom is -0.409 e. The highest BCUT2D eigenvalue weighted by atomic mass is 16.4. The Morgan fingerprint density at radius 1 is 1.47 bits per heavy atom. The fourth-order valence-corrected chi connectivity index (χ4v) is 2.03. The molecule has 7 heteroatoms. The van der Waals surface area contributed by atoms with Gasteiger partial charge in [0.15, 0.2) is 5.84 Å². The molecular weight excluding hydrogens is 244 g/mol. The van der Waals surface area contributed by atoms with Gasteiger partial charge in [-0.1, -0.05) is 12.1 Å². The van der Waals surface area contributed by atoms with Crippen LogP contribution in [-0.2, 0) is 6.42 Å². The Hall–Kier alpha value is -2.44.